The van der Waals surface area contributed by atoms with Crippen LogP contribution in [-0.2, 0) is 4.79 Å². The molecule has 0 radical (unpaired) electrons. The van der Waals surface area contributed by atoms with Gasteiger partial charge in [0.15, 0.2) is 0 Å². The molecule has 1 fully saturated rings. The Balaban J connectivity index is 1.98. The monoisotopic (exact) mass is 310 g/mol. The molecule has 0 spiro atoms. The van der Waals surface area contributed by atoms with Gasteiger partial charge >= 0.3 is 0 Å². The largest absolute Gasteiger partial charge is 0.349 e. The van der Waals surface area contributed by atoms with E-state index in [2.05, 4.69) is 33.5 Å². The van der Waals surface area contributed by atoms with E-state index >= 15 is 0 Å². The van der Waals surface area contributed by atoms with Crippen molar-refractivity contribution in [2.75, 3.05) is 13.1 Å². The summed E-state index contributed by atoms with van der Waals surface area (Å²) in [5.41, 5.74) is 1.12. The number of carbonyl (C=O) groups excluding carboxylic acids is 1. The van der Waals surface area contributed by atoms with E-state index in [4.69, 9.17) is 0 Å². The Morgan fingerprint density at radius 3 is 2.89 bits per heavy atom. The molecule has 0 saturated carbocycles. The van der Waals surface area contributed by atoms with E-state index in [9.17, 15) is 4.79 Å². The van der Waals surface area contributed by atoms with Crippen molar-refractivity contribution in [2.45, 2.75) is 19.9 Å². The lowest BCUT2D eigenvalue weighted by Crippen LogP contribution is -2.35. The second-order valence-electron chi connectivity index (χ2n) is 5.03. The van der Waals surface area contributed by atoms with E-state index in [0.29, 0.717) is 5.92 Å². The fraction of sp³-hybridized carbons (Fsp3) is 0.500. The topological polar surface area (TPSA) is 41.1 Å². The second kappa shape index (κ2) is 5.85. The van der Waals surface area contributed by atoms with Crippen LogP contribution in [0.1, 0.15) is 25.5 Å². The predicted molar refractivity (Wildman–Crippen MR) is 76.2 cm³/mol. The maximum atomic E-state index is 12.2. The summed E-state index contributed by atoms with van der Waals surface area (Å²) in [4.78, 5) is 12.2. The van der Waals surface area contributed by atoms with Gasteiger partial charge in [0.25, 0.3) is 0 Å². The van der Waals surface area contributed by atoms with Gasteiger partial charge in [-0.05, 0) is 37.1 Å². The Hall–Kier alpha value is -0.870. The van der Waals surface area contributed by atoms with Gasteiger partial charge in [0, 0.05) is 11.0 Å². The van der Waals surface area contributed by atoms with Gasteiger partial charge < -0.3 is 10.6 Å². The summed E-state index contributed by atoms with van der Waals surface area (Å²) in [5, 5.41) is 6.35. The van der Waals surface area contributed by atoms with Gasteiger partial charge in [-0.3, -0.25) is 4.79 Å². The maximum Gasteiger partial charge on any atom is 0.225 e. The molecular weight excluding hydrogens is 292 g/mol. The van der Waals surface area contributed by atoms with Crippen LogP contribution in [0.4, 0.5) is 0 Å². The van der Waals surface area contributed by atoms with Crippen LogP contribution in [0.15, 0.2) is 28.7 Å². The number of nitrogens with one attached hydrogen (secondary N) is 2. The molecule has 1 amide bonds. The molecule has 2 unspecified atom stereocenters. The average Bonchev–Trinajstić information content (AvgIpc) is 2.75. The predicted octanol–water partition coefficient (Wildman–Crippen LogP) is 2.48. The third-order valence-corrected chi connectivity index (χ3v) is 4.05. The van der Waals surface area contributed by atoms with Crippen molar-refractivity contribution in [3.8, 4) is 0 Å². The molecule has 3 atom stereocenters. The third-order valence-electron chi connectivity index (χ3n) is 3.56. The van der Waals surface area contributed by atoms with Crippen molar-refractivity contribution in [2.24, 2.45) is 11.8 Å². The fourth-order valence-electron chi connectivity index (χ4n) is 2.34. The zero-order valence-corrected chi connectivity index (χ0v) is 12.3. The zero-order chi connectivity index (χ0) is 13.1. The van der Waals surface area contributed by atoms with Crippen molar-refractivity contribution in [1.82, 2.24) is 10.6 Å². The summed E-state index contributed by atoms with van der Waals surface area (Å²) in [5.74, 6) is 0.666. The Bertz CT molecular complexity index is 436. The van der Waals surface area contributed by atoms with E-state index in [1.54, 1.807) is 0 Å². The summed E-state index contributed by atoms with van der Waals surface area (Å²) >= 11 is 3.45. The van der Waals surface area contributed by atoms with Crippen molar-refractivity contribution in [1.29, 1.82) is 0 Å². The lowest BCUT2D eigenvalue weighted by atomic mass is 9.96. The SMILES string of the molecule is CC1CNCC1C(=O)N[C@H](C)c1cccc(Br)c1. The minimum atomic E-state index is 0.0443. The van der Waals surface area contributed by atoms with Crippen molar-refractivity contribution in [3.63, 3.8) is 0 Å². The van der Waals surface area contributed by atoms with Crippen LogP contribution < -0.4 is 10.6 Å². The molecule has 98 valence electrons. The lowest BCUT2D eigenvalue weighted by Gasteiger charge is -2.19. The number of amides is 1. The molecule has 0 aliphatic carbocycles. The molecule has 1 saturated heterocycles. The molecule has 2 N–H and O–H groups in total. The highest BCUT2D eigenvalue weighted by molar-refractivity contribution is 9.10. The summed E-state index contributed by atoms with van der Waals surface area (Å²) < 4.78 is 1.04. The van der Waals surface area contributed by atoms with E-state index in [1.807, 2.05) is 31.2 Å². The first-order valence-corrected chi connectivity index (χ1v) is 7.14. The van der Waals surface area contributed by atoms with Crippen LogP contribution in [-0.4, -0.2) is 19.0 Å². The molecule has 1 aromatic rings. The lowest BCUT2D eigenvalue weighted by molar-refractivity contribution is -0.126. The highest BCUT2D eigenvalue weighted by Gasteiger charge is 2.30. The number of halogens is 1. The van der Waals surface area contributed by atoms with E-state index in [-0.39, 0.29) is 17.9 Å². The average molecular weight is 311 g/mol. The van der Waals surface area contributed by atoms with Crippen LogP contribution in [0.2, 0.25) is 0 Å². The number of carbonyl (C=O) groups is 1. The van der Waals surface area contributed by atoms with E-state index in [1.165, 1.54) is 0 Å². The first-order chi connectivity index (χ1) is 8.58. The first kappa shape index (κ1) is 13.6. The summed E-state index contributed by atoms with van der Waals surface area (Å²) in [6.07, 6.45) is 0. The Morgan fingerprint density at radius 2 is 2.28 bits per heavy atom. The zero-order valence-electron chi connectivity index (χ0n) is 10.7. The van der Waals surface area contributed by atoms with Crippen LogP contribution >= 0.6 is 15.9 Å². The van der Waals surface area contributed by atoms with Gasteiger partial charge in [-0.25, -0.2) is 0 Å². The molecule has 1 aliphatic heterocycles. The van der Waals surface area contributed by atoms with Gasteiger partial charge in [-0.15, -0.1) is 0 Å². The molecule has 1 aliphatic rings. The molecule has 4 heteroatoms. The number of hydrogen-bond donors (Lipinski definition) is 2. The standard InChI is InChI=1S/C14H19BrN2O/c1-9-7-16-8-13(9)14(18)17-10(2)11-4-3-5-12(15)6-11/h3-6,9-10,13,16H,7-8H2,1-2H3,(H,17,18)/t9?,10-,13?/m1/s1. The van der Waals surface area contributed by atoms with Crippen LogP contribution in [0.25, 0.3) is 0 Å². The molecule has 0 aromatic heterocycles. The molecular formula is C14H19BrN2O. The summed E-state index contributed by atoms with van der Waals surface area (Å²) in [6.45, 7) is 5.86. The smallest absolute Gasteiger partial charge is 0.225 e. The second-order valence-corrected chi connectivity index (χ2v) is 5.94. The van der Waals surface area contributed by atoms with Crippen molar-refractivity contribution in [3.05, 3.63) is 34.3 Å². The molecule has 1 aromatic carbocycles. The number of hydrogen-bond acceptors (Lipinski definition) is 2. The first-order valence-electron chi connectivity index (χ1n) is 6.34. The minimum Gasteiger partial charge on any atom is -0.349 e. The normalized spacial score (nSPS) is 24.8. The minimum absolute atomic E-state index is 0.0443. The molecule has 18 heavy (non-hydrogen) atoms. The molecule has 0 bridgehead atoms. The van der Waals surface area contributed by atoms with E-state index in [0.717, 1.165) is 23.1 Å². The summed E-state index contributed by atoms with van der Waals surface area (Å²) in [7, 11) is 0. The van der Waals surface area contributed by atoms with Crippen LogP contribution in [0.5, 0.6) is 0 Å². The van der Waals surface area contributed by atoms with Gasteiger partial charge in [-0.2, -0.15) is 0 Å². The molecule has 2 rings (SSSR count). The Kier molecular flexibility index (Phi) is 4.40. The van der Waals surface area contributed by atoms with Crippen molar-refractivity contribution < 1.29 is 4.79 Å². The van der Waals surface area contributed by atoms with Gasteiger partial charge in [0.1, 0.15) is 0 Å². The molecule has 1 heterocycles. The van der Waals surface area contributed by atoms with Gasteiger partial charge in [0.05, 0.1) is 12.0 Å². The fourth-order valence-corrected chi connectivity index (χ4v) is 2.76. The number of benzene rings is 1. The van der Waals surface area contributed by atoms with Crippen LogP contribution in [0, 0.1) is 11.8 Å². The Labute approximate surface area is 116 Å². The van der Waals surface area contributed by atoms with Gasteiger partial charge in [0.2, 0.25) is 5.91 Å². The van der Waals surface area contributed by atoms with Crippen molar-refractivity contribution >= 4 is 21.8 Å². The summed E-state index contributed by atoms with van der Waals surface area (Å²) in [6, 6.07) is 8.10. The van der Waals surface area contributed by atoms with E-state index < -0.39 is 0 Å². The number of rotatable bonds is 3. The van der Waals surface area contributed by atoms with Crippen LogP contribution in [0.3, 0.4) is 0 Å². The Morgan fingerprint density at radius 1 is 1.50 bits per heavy atom. The highest BCUT2D eigenvalue weighted by atomic mass is 79.9. The quantitative estimate of drug-likeness (QED) is 0.900. The maximum absolute atomic E-state index is 12.2. The highest BCUT2D eigenvalue weighted by Crippen LogP contribution is 2.20. The molecule has 3 nitrogen and oxygen atoms in total. The van der Waals surface area contributed by atoms with Gasteiger partial charge in [-0.1, -0.05) is 35.0 Å². The third kappa shape index (κ3) is 3.12.